The number of methoxy groups -OCH3 is 2. The molecule has 3 rings (SSSR count). The molecule has 0 radical (unpaired) electrons. The molecule has 12 atom stereocenters. The summed E-state index contributed by atoms with van der Waals surface area (Å²) in [6, 6.07) is 8.28. The van der Waals surface area contributed by atoms with Crippen LogP contribution in [0.15, 0.2) is 54.6 Å². The van der Waals surface area contributed by atoms with Gasteiger partial charge in [-0.15, -0.1) is 4.39 Å². The lowest BCUT2D eigenvalue weighted by molar-refractivity contribution is -0.148. The Bertz CT molecular complexity index is 2450. The first-order valence-corrected chi connectivity index (χ1v) is 28.6. The first kappa shape index (κ1) is 70.3. The van der Waals surface area contributed by atoms with Crippen LogP contribution in [0.2, 0.25) is 0 Å². The second-order valence-electron chi connectivity index (χ2n) is 22.6. The van der Waals surface area contributed by atoms with Gasteiger partial charge in [0.15, 0.2) is 0 Å². The number of rotatable bonds is 32. The van der Waals surface area contributed by atoms with Crippen LogP contribution < -0.4 is 37.6 Å². The number of ether oxygens (including phenoxy) is 3. The fourth-order valence-corrected chi connectivity index (χ4v) is 10.6. The van der Waals surface area contributed by atoms with E-state index < -0.39 is 126 Å². The van der Waals surface area contributed by atoms with Gasteiger partial charge >= 0.3 is 18.3 Å². The van der Waals surface area contributed by atoms with Crippen molar-refractivity contribution in [2.24, 2.45) is 35.3 Å². The molecule has 0 unspecified atom stereocenters. The van der Waals surface area contributed by atoms with E-state index in [1.165, 1.54) is 33.4 Å². The van der Waals surface area contributed by atoms with Crippen molar-refractivity contribution in [2.45, 2.75) is 175 Å². The smallest absolute Gasteiger partial charge is 0.410 e. The standard InChI is InChI=1S/C59H93FN10O13/c1-15-36(8)49(44(81-13)31-45(71)70-30-20-24-43(70)51(82-14)37(9)52(73)63-38(10)50(72)40-21-17-16-18-22-40)68(11)56(77)47(34(4)5)66-55(76)48(35(6)7)69(12)59(80)83-32-39-25-27-41(28-26-39)64-53(74)42(23-19-29-62-58(61)79)65-54(75)46(33(2)3)67-57(60)78/h16-18,21-22,25-28,33-38,42-44,46-51,72H,15,19-20,23-24,29-32H2,1-14H3,(H,63,73)(H,64,74)(H,65,75)(H,66,76)(H,67,78)(H3,61,62,79)/t36-,37+,38+,42-,43-,44+,46-,47-,48-,49-,50+,51+/m0/s1. The van der Waals surface area contributed by atoms with Gasteiger partial charge in [-0.3, -0.25) is 33.7 Å². The summed E-state index contributed by atoms with van der Waals surface area (Å²) >= 11 is 0. The molecular formula is C59H93FN10O13. The van der Waals surface area contributed by atoms with Crippen LogP contribution in [-0.2, 0) is 49.6 Å². The molecule has 0 aliphatic carbocycles. The molecule has 23 nitrogen and oxygen atoms in total. The number of hydrogen-bond acceptors (Lipinski definition) is 13. The number of nitrogens with one attached hydrogen (secondary N) is 6. The molecule has 9 N–H and O–H groups in total. The second kappa shape index (κ2) is 34.0. The molecule has 1 aliphatic rings. The number of halogens is 1. The highest BCUT2D eigenvalue weighted by atomic mass is 19.1. The molecule has 0 spiro atoms. The summed E-state index contributed by atoms with van der Waals surface area (Å²) in [4.78, 5) is 124. The molecule has 1 aliphatic heterocycles. The summed E-state index contributed by atoms with van der Waals surface area (Å²) in [5.41, 5.74) is 6.64. The molecule has 24 heteroatoms. The normalized spacial score (nSPS) is 17.3. The van der Waals surface area contributed by atoms with Gasteiger partial charge in [-0.25, -0.2) is 14.4 Å². The highest BCUT2D eigenvalue weighted by Crippen LogP contribution is 2.30. The van der Waals surface area contributed by atoms with E-state index in [2.05, 4.69) is 26.6 Å². The highest BCUT2D eigenvalue weighted by molar-refractivity contribution is 5.98. The molecule has 0 bridgehead atoms. The maximum Gasteiger partial charge on any atom is 0.410 e. The zero-order chi connectivity index (χ0) is 62.4. The number of hydrogen-bond donors (Lipinski definition) is 8. The van der Waals surface area contributed by atoms with Crippen molar-refractivity contribution in [1.29, 1.82) is 0 Å². The number of nitrogens with two attached hydrogens (primary N) is 1. The average Bonchev–Trinajstić information content (AvgIpc) is 4.01. The first-order chi connectivity index (χ1) is 39.1. The summed E-state index contributed by atoms with van der Waals surface area (Å²) in [5, 5.41) is 26.4. The molecule has 83 heavy (non-hydrogen) atoms. The average molecular weight is 1170 g/mol. The van der Waals surface area contributed by atoms with E-state index in [1.54, 1.807) is 96.5 Å². The van der Waals surface area contributed by atoms with E-state index in [-0.39, 0.29) is 50.1 Å². The van der Waals surface area contributed by atoms with Crippen molar-refractivity contribution < 1.29 is 66.9 Å². The van der Waals surface area contributed by atoms with Gasteiger partial charge in [0.2, 0.25) is 35.4 Å². The van der Waals surface area contributed by atoms with Gasteiger partial charge in [-0.05, 0) is 79.5 Å². The lowest BCUT2D eigenvalue weighted by Gasteiger charge is -2.41. The van der Waals surface area contributed by atoms with Crippen LogP contribution in [0.3, 0.4) is 0 Å². The van der Waals surface area contributed by atoms with Crippen molar-refractivity contribution in [3.8, 4) is 0 Å². The van der Waals surface area contributed by atoms with Crippen molar-refractivity contribution in [1.82, 2.24) is 41.3 Å². The molecule has 1 fully saturated rings. The van der Waals surface area contributed by atoms with E-state index >= 15 is 0 Å². The Morgan fingerprint density at radius 1 is 0.759 bits per heavy atom. The van der Waals surface area contributed by atoms with Gasteiger partial charge in [-0.1, -0.05) is 111 Å². The van der Waals surface area contributed by atoms with E-state index in [9.17, 15) is 52.6 Å². The maximum atomic E-state index is 14.7. The van der Waals surface area contributed by atoms with Gasteiger partial charge in [0, 0.05) is 47.1 Å². The van der Waals surface area contributed by atoms with Gasteiger partial charge in [0.1, 0.15) is 30.8 Å². The third-order valence-corrected chi connectivity index (χ3v) is 15.5. The van der Waals surface area contributed by atoms with Gasteiger partial charge < -0.3 is 66.8 Å². The number of carbonyl (C=O) groups excluding carboxylic acids is 9. The molecular weight excluding hydrogens is 1080 g/mol. The molecule has 10 amide bonds. The van der Waals surface area contributed by atoms with Gasteiger partial charge in [-0.2, -0.15) is 0 Å². The summed E-state index contributed by atoms with van der Waals surface area (Å²) in [6.45, 7) is 18.0. The van der Waals surface area contributed by atoms with Crippen LogP contribution in [0.5, 0.6) is 0 Å². The Morgan fingerprint density at radius 2 is 1.39 bits per heavy atom. The van der Waals surface area contributed by atoms with Gasteiger partial charge in [0.05, 0.1) is 48.8 Å². The Labute approximate surface area is 488 Å². The monoisotopic (exact) mass is 1170 g/mol. The van der Waals surface area contributed by atoms with Crippen LogP contribution in [0.25, 0.3) is 0 Å². The second-order valence-corrected chi connectivity index (χ2v) is 22.6. The summed E-state index contributed by atoms with van der Waals surface area (Å²) in [5.74, 6) is -5.26. The zero-order valence-electron chi connectivity index (χ0n) is 50.9. The predicted molar refractivity (Wildman–Crippen MR) is 311 cm³/mol. The van der Waals surface area contributed by atoms with E-state index in [0.29, 0.717) is 42.6 Å². The Hall–Kier alpha value is -6.92. The minimum atomic E-state index is -1.91. The first-order valence-electron chi connectivity index (χ1n) is 28.6. The number of amides is 10. The largest absolute Gasteiger partial charge is 0.445 e. The number of anilines is 1. The third kappa shape index (κ3) is 20.7. The number of nitrogens with zero attached hydrogens (tertiary/aromatic N) is 3. The lowest BCUT2D eigenvalue weighted by atomic mass is 9.89. The molecule has 0 saturated carbocycles. The Balaban J connectivity index is 1.71. The number of carbonyl (C=O) groups is 9. The third-order valence-electron chi connectivity index (χ3n) is 15.5. The number of urea groups is 1. The van der Waals surface area contributed by atoms with Crippen LogP contribution in [0, 0.1) is 29.6 Å². The maximum absolute atomic E-state index is 14.7. The van der Waals surface area contributed by atoms with Crippen LogP contribution in [-0.4, -0.2) is 169 Å². The van der Waals surface area contributed by atoms with E-state index in [0.717, 1.165) is 4.90 Å². The zero-order valence-corrected chi connectivity index (χ0v) is 50.9. The molecule has 1 saturated heterocycles. The van der Waals surface area contributed by atoms with Crippen molar-refractivity contribution in [2.75, 3.05) is 46.7 Å². The van der Waals surface area contributed by atoms with Gasteiger partial charge in [0.25, 0.3) is 0 Å². The SMILES string of the molecule is CC[C@H](C)[C@@H]([C@@H](CC(=O)N1CCC[C@H]1[C@H](OC)[C@@H](C)C(=O)N[C@H](C)[C@@H](O)c1ccccc1)OC)N(C)C(=O)[C@@H](NC(=O)[C@H](C(C)C)N(C)C(=O)OCc1ccc(NC(=O)[C@H](CCCNC(N)=O)NC(=O)[C@@H](NC(=O)F)C(C)C)cc1)C(C)C. The van der Waals surface area contributed by atoms with Crippen molar-refractivity contribution in [3.05, 3.63) is 65.7 Å². The predicted octanol–water partition coefficient (Wildman–Crippen LogP) is 5.15. The quantitative estimate of drug-likeness (QED) is 0.0267. The van der Waals surface area contributed by atoms with Crippen LogP contribution >= 0.6 is 0 Å². The fraction of sp³-hybridized carbons (Fsp3) is 0.644. The summed E-state index contributed by atoms with van der Waals surface area (Å²) < 4.78 is 30.9. The van der Waals surface area contributed by atoms with Crippen LogP contribution in [0.1, 0.15) is 125 Å². The minimum Gasteiger partial charge on any atom is -0.445 e. The topological polar surface area (TPSA) is 309 Å². The molecule has 0 aromatic heterocycles. The Kier molecular flexibility index (Phi) is 28.8. The molecule has 464 valence electrons. The van der Waals surface area contributed by atoms with Crippen molar-refractivity contribution in [3.63, 3.8) is 0 Å². The Morgan fingerprint density at radius 3 is 1.93 bits per heavy atom. The molecule has 2 aromatic rings. The molecule has 2 aromatic carbocycles. The number of benzene rings is 2. The molecule has 1 heterocycles. The number of aliphatic hydroxyl groups excluding tert-OH is 1. The van der Waals surface area contributed by atoms with Crippen molar-refractivity contribution >= 4 is 59.4 Å². The van der Waals surface area contributed by atoms with E-state index in [1.807, 2.05) is 37.4 Å². The minimum absolute atomic E-state index is 0.0405. The van der Waals surface area contributed by atoms with Crippen LogP contribution in [0.4, 0.5) is 24.5 Å². The summed E-state index contributed by atoms with van der Waals surface area (Å²) in [7, 11) is 6.06. The highest BCUT2D eigenvalue weighted by Gasteiger charge is 2.44. The number of likely N-dealkylation sites (N-methyl/N-ethyl adjacent to an activating group) is 2. The number of aliphatic hydroxyl groups is 1. The fourth-order valence-electron chi connectivity index (χ4n) is 10.6. The van der Waals surface area contributed by atoms with E-state index in [4.69, 9.17) is 19.9 Å². The number of primary amides is 1. The number of likely N-dealkylation sites (tertiary alicyclic amines) is 1. The summed E-state index contributed by atoms with van der Waals surface area (Å²) in [6.07, 6.45) is -3.04. The lowest BCUT2D eigenvalue weighted by Crippen LogP contribution is -2.60.